The van der Waals surface area contributed by atoms with Crippen molar-refractivity contribution >= 4 is 28.3 Å². The lowest BCUT2D eigenvalue weighted by Gasteiger charge is -2.12. The number of nitrogens with one attached hydrogen (secondary N) is 1. The van der Waals surface area contributed by atoms with Gasteiger partial charge in [0.2, 0.25) is 5.91 Å². The van der Waals surface area contributed by atoms with Crippen molar-refractivity contribution in [1.82, 2.24) is 4.98 Å². The Hall–Kier alpha value is -3.86. The second-order valence-corrected chi connectivity index (χ2v) is 7.33. The van der Waals surface area contributed by atoms with Crippen molar-refractivity contribution in [3.8, 4) is 16.9 Å². The molecule has 0 bridgehead atoms. The summed E-state index contributed by atoms with van der Waals surface area (Å²) in [6.45, 7) is 6.30. The standard InChI is InChI=1S/C26H24N2O3/c1-4-30-23-15-24-21(22(16-31-24)19-8-6-5-7-9-19)14-20(23)18(3)13-26(29)28-25-12-17(2)10-11-27-25/h5-16H,4H2,1-3H3,(H,27,28,29)/b18-13+. The van der Waals surface area contributed by atoms with Gasteiger partial charge in [0.05, 0.1) is 12.9 Å². The average molecular weight is 412 g/mol. The molecule has 5 heteroatoms. The molecule has 2 aromatic heterocycles. The summed E-state index contributed by atoms with van der Waals surface area (Å²) in [6.07, 6.45) is 5.00. The van der Waals surface area contributed by atoms with Crippen LogP contribution in [0.2, 0.25) is 0 Å². The number of aromatic nitrogens is 1. The number of nitrogens with zero attached hydrogens (tertiary/aromatic N) is 1. The van der Waals surface area contributed by atoms with E-state index in [1.807, 2.05) is 75.4 Å². The van der Waals surface area contributed by atoms with Gasteiger partial charge in [-0.3, -0.25) is 4.79 Å². The summed E-state index contributed by atoms with van der Waals surface area (Å²) >= 11 is 0. The molecule has 0 aliphatic rings. The van der Waals surface area contributed by atoms with Crippen LogP contribution in [0.1, 0.15) is 25.0 Å². The molecular formula is C26H24N2O3. The zero-order valence-corrected chi connectivity index (χ0v) is 17.8. The lowest BCUT2D eigenvalue weighted by atomic mass is 9.99. The highest BCUT2D eigenvalue weighted by Gasteiger charge is 2.15. The van der Waals surface area contributed by atoms with E-state index < -0.39 is 0 Å². The number of ether oxygens (including phenoxy) is 1. The van der Waals surface area contributed by atoms with Crippen LogP contribution in [0.25, 0.3) is 27.7 Å². The third kappa shape index (κ3) is 4.51. The number of anilines is 1. The molecule has 4 rings (SSSR count). The molecule has 5 nitrogen and oxygen atoms in total. The van der Waals surface area contributed by atoms with E-state index in [0.717, 1.165) is 38.8 Å². The molecule has 31 heavy (non-hydrogen) atoms. The van der Waals surface area contributed by atoms with E-state index in [1.54, 1.807) is 18.5 Å². The van der Waals surface area contributed by atoms with Gasteiger partial charge in [0.25, 0.3) is 0 Å². The van der Waals surface area contributed by atoms with Gasteiger partial charge in [0.1, 0.15) is 17.2 Å². The Bertz CT molecular complexity index is 1260. The molecule has 4 aromatic rings. The first-order chi connectivity index (χ1) is 15.0. The summed E-state index contributed by atoms with van der Waals surface area (Å²) < 4.78 is 11.7. The molecule has 0 saturated heterocycles. The minimum absolute atomic E-state index is 0.242. The molecule has 0 atom stereocenters. The summed E-state index contributed by atoms with van der Waals surface area (Å²) in [5.74, 6) is 0.962. The second kappa shape index (κ2) is 8.88. The first-order valence-electron chi connectivity index (χ1n) is 10.2. The van der Waals surface area contributed by atoms with Gasteiger partial charge in [-0.2, -0.15) is 0 Å². The number of allylic oxidation sites excluding steroid dienone is 1. The Morgan fingerprint density at radius 1 is 1.16 bits per heavy atom. The third-order valence-electron chi connectivity index (χ3n) is 5.00. The van der Waals surface area contributed by atoms with Gasteiger partial charge in [0.15, 0.2) is 0 Å². The molecule has 1 N–H and O–H groups in total. The number of amides is 1. The van der Waals surface area contributed by atoms with Gasteiger partial charge >= 0.3 is 0 Å². The van der Waals surface area contributed by atoms with Crippen molar-refractivity contribution in [3.05, 3.63) is 84.3 Å². The topological polar surface area (TPSA) is 64.4 Å². The van der Waals surface area contributed by atoms with Gasteiger partial charge in [-0.1, -0.05) is 30.3 Å². The van der Waals surface area contributed by atoms with Crippen LogP contribution in [-0.4, -0.2) is 17.5 Å². The van der Waals surface area contributed by atoms with Gasteiger partial charge < -0.3 is 14.5 Å². The van der Waals surface area contributed by atoms with Crippen LogP contribution in [0.4, 0.5) is 5.82 Å². The maximum atomic E-state index is 12.6. The smallest absolute Gasteiger partial charge is 0.249 e. The molecule has 0 radical (unpaired) electrons. The molecule has 1 amide bonds. The summed E-state index contributed by atoms with van der Waals surface area (Å²) in [5, 5.41) is 3.79. The van der Waals surface area contributed by atoms with Crippen LogP contribution in [0.15, 0.2) is 77.6 Å². The van der Waals surface area contributed by atoms with Crippen molar-refractivity contribution in [3.63, 3.8) is 0 Å². The Labute approximate surface area is 181 Å². The number of hydrogen-bond donors (Lipinski definition) is 1. The summed E-state index contributed by atoms with van der Waals surface area (Å²) in [7, 11) is 0. The Morgan fingerprint density at radius 3 is 2.71 bits per heavy atom. The lowest BCUT2D eigenvalue weighted by molar-refractivity contribution is -0.111. The van der Waals surface area contributed by atoms with Crippen LogP contribution in [-0.2, 0) is 4.79 Å². The first kappa shape index (κ1) is 20.4. The van der Waals surface area contributed by atoms with E-state index in [0.29, 0.717) is 18.2 Å². The van der Waals surface area contributed by atoms with Crippen molar-refractivity contribution in [2.45, 2.75) is 20.8 Å². The van der Waals surface area contributed by atoms with Crippen molar-refractivity contribution in [2.75, 3.05) is 11.9 Å². The number of furan rings is 1. The monoisotopic (exact) mass is 412 g/mol. The van der Waals surface area contributed by atoms with Crippen LogP contribution >= 0.6 is 0 Å². The highest BCUT2D eigenvalue weighted by atomic mass is 16.5. The fourth-order valence-electron chi connectivity index (χ4n) is 3.52. The number of benzene rings is 2. The molecule has 0 aliphatic heterocycles. The Kier molecular flexibility index (Phi) is 5.85. The molecule has 2 aromatic carbocycles. The number of rotatable bonds is 6. The van der Waals surface area contributed by atoms with E-state index in [-0.39, 0.29) is 5.91 Å². The zero-order valence-electron chi connectivity index (χ0n) is 17.8. The molecule has 0 aliphatic carbocycles. The largest absolute Gasteiger partial charge is 0.493 e. The zero-order chi connectivity index (χ0) is 21.8. The predicted octanol–water partition coefficient (Wildman–Crippen LogP) is 6.24. The number of carbonyl (C=O) groups is 1. The van der Waals surface area contributed by atoms with Crippen molar-refractivity contribution < 1.29 is 13.9 Å². The molecular weight excluding hydrogens is 388 g/mol. The molecule has 0 unspecified atom stereocenters. The molecule has 0 spiro atoms. The molecule has 2 heterocycles. The number of fused-ring (bicyclic) bond motifs is 1. The van der Waals surface area contributed by atoms with Crippen LogP contribution in [0.3, 0.4) is 0 Å². The van der Waals surface area contributed by atoms with Crippen molar-refractivity contribution in [2.24, 2.45) is 0 Å². The third-order valence-corrected chi connectivity index (χ3v) is 5.00. The minimum atomic E-state index is -0.242. The van der Waals surface area contributed by atoms with Crippen LogP contribution in [0.5, 0.6) is 5.75 Å². The van der Waals surface area contributed by atoms with Gasteiger partial charge in [-0.05, 0) is 55.7 Å². The number of pyridine rings is 1. The molecule has 0 fully saturated rings. The first-order valence-corrected chi connectivity index (χ1v) is 10.2. The summed E-state index contributed by atoms with van der Waals surface area (Å²) in [6, 6.07) is 17.7. The van der Waals surface area contributed by atoms with Gasteiger partial charge in [-0.25, -0.2) is 4.98 Å². The summed E-state index contributed by atoms with van der Waals surface area (Å²) in [5.41, 5.74) is 5.48. The number of carbonyl (C=O) groups excluding carboxylic acids is 1. The molecule has 0 saturated carbocycles. The van der Waals surface area contributed by atoms with E-state index in [2.05, 4.69) is 10.3 Å². The predicted molar refractivity (Wildman–Crippen MR) is 124 cm³/mol. The highest BCUT2D eigenvalue weighted by molar-refractivity contribution is 6.05. The molecule has 156 valence electrons. The Morgan fingerprint density at radius 2 is 1.97 bits per heavy atom. The minimum Gasteiger partial charge on any atom is -0.493 e. The van der Waals surface area contributed by atoms with E-state index >= 15 is 0 Å². The maximum absolute atomic E-state index is 12.6. The lowest BCUT2D eigenvalue weighted by Crippen LogP contribution is -2.10. The fraction of sp³-hybridized carbons (Fsp3) is 0.154. The Balaban J connectivity index is 1.72. The van der Waals surface area contributed by atoms with E-state index in [4.69, 9.17) is 9.15 Å². The summed E-state index contributed by atoms with van der Waals surface area (Å²) in [4.78, 5) is 16.8. The average Bonchev–Trinajstić information content (AvgIpc) is 3.17. The second-order valence-electron chi connectivity index (χ2n) is 7.33. The van der Waals surface area contributed by atoms with E-state index in [1.165, 1.54) is 0 Å². The van der Waals surface area contributed by atoms with Crippen LogP contribution < -0.4 is 10.1 Å². The quantitative estimate of drug-likeness (QED) is 0.381. The number of hydrogen-bond acceptors (Lipinski definition) is 4. The highest BCUT2D eigenvalue weighted by Crippen LogP contribution is 2.37. The van der Waals surface area contributed by atoms with E-state index in [9.17, 15) is 4.79 Å². The maximum Gasteiger partial charge on any atom is 0.249 e. The van der Waals surface area contributed by atoms with Crippen molar-refractivity contribution in [1.29, 1.82) is 0 Å². The number of aryl methyl sites for hydroxylation is 1. The normalized spacial score (nSPS) is 11.5. The SMILES string of the molecule is CCOc1cc2occ(-c3ccccc3)c2cc1/C(C)=C/C(=O)Nc1cc(C)ccn1. The fourth-order valence-corrected chi connectivity index (χ4v) is 3.52. The van der Waals surface area contributed by atoms with Crippen LogP contribution in [0, 0.1) is 6.92 Å². The van der Waals surface area contributed by atoms with Gasteiger partial charge in [-0.15, -0.1) is 0 Å². The van der Waals surface area contributed by atoms with Gasteiger partial charge in [0, 0.05) is 34.9 Å².